The van der Waals surface area contributed by atoms with Crippen molar-refractivity contribution in [3.63, 3.8) is 0 Å². The number of likely N-dealkylation sites (tertiary alicyclic amines) is 1. The lowest BCUT2D eigenvalue weighted by atomic mass is 10.1. The molecule has 40 heavy (non-hydrogen) atoms. The molecule has 5 heterocycles. The normalized spacial score (nSPS) is 22.4. The SMILES string of the molecule is CC1Cc2nc(C(=O)N3CCN(S(=O)(=O)c4cc5cc(Cl)ccc5[nH]4)CC3CCN3C(=O)CCC3=O)sc2CN1. The number of carbonyl (C=O) groups excluding carboxylic acids is 3. The Hall–Kier alpha value is -2.84. The zero-order chi connectivity index (χ0) is 28.2. The van der Waals surface area contributed by atoms with Gasteiger partial charge in [-0.15, -0.1) is 11.3 Å². The smallest absolute Gasteiger partial charge is 0.283 e. The quantitative estimate of drug-likeness (QED) is 0.412. The van der Waals surface area contributed by atoms with E-state index in [1.54, 1.807) is 29.2 Å². The number of benzene rings is 1. The molecule has 2 saturated heterocycles. The number of amides is 3. The monoisotopic (exact) mass is 604 g/mol. The molecular formula is C26H29ClN6O5S2. The van der Waals surface area contributed by atoms with Crippen molar-refractivity contribution in [1.29, 1.82) is 0 Å². The number of aromatic nitrogens is 2. The van der Waals surface area contributed by atoms with Crippen LogP contribution >= 0.6 is 22.9 Å². The van der Waals surface area contributed by atoms with Gasteiger partial charge in [0.05, 0.1) is 5.69 Å². The van der Waals surface area contributed by atoms with Gasteiger partial charge >= 0.3 is 0 Å². The van der Waals surface area contributed by atoms with Crippen molar-refractivity contribution in [2.24, 2.45) is 0 Å². The molecule has 6 rings (SSSR count). The molecule has 11 nitrogen and oxygen atoms in total. The maximum atomic E-state index is 13.7. The van der Waals surface area contributed by atoms with Crippen LogP contribution < -0.4 is 5.32 Å². The number of carbonyl (C=O) groups is 3. The summed E-state index contributed by atoms with van der Waals surface area (Å²) < 4.78 is 28.7. The molecule has 2 N–H and O–H groups in total. The molecule has 3 amide bonds. The lowest BCUT2D eigenvalue weighted by molar-refractivity contribution is -0.138. The van der Waals surface area contributed by atoms with Gasteiger partial charge in [0.25, 0.3) is 15.9 Å². The van der Waals surface area contributed by atoms with Gasteiger partial charge in [-0.3, -0.25) is 19.3 Å². The van der Waals surface area contributed by atoms with E-state index in [0.29, 0.717) is 27.5 Å². The average molecular weight is 605 g/mol. The van der Waals surface area contributed by atoms with Crippen molar-refractivity contribution in [3.05, 3.63) is 44.9 Å². The van der Waals surface area contributed by atoms with E-state index in [4.69, 9.17) is 11.6 Å². The van der Waals surface area contributed by atoms with E-state index in [9.17, 15) is 22.8 Å². The van der Waals surface area contributed by atoms with Crippen molar-refractivity contribution >= 4 is 61.6 Å². The molecule has 3 aliphatic rings. The van der Waals surface area contributed by atoms with E-state index in [2.05, 4.69) is 22.2 Å². The lowest BCUT2D eigenvalue weighted by Crippen LogP contribution is -2.57. The number of nitrogens with one attached hydrogen (secondary N) is 2. The first-order valence-corrected chi connectivity index (χ1v) is 15.9. The van der Waals surface area contributed by atoms with Gasteiger partial charge in [-0.05, 0) is 37.6 Å². The Bertz CT molecular complexity index is 1600. The molecule has 2 aromatic heterocycles. The topological polar surface area (TPSA) is 136 Å². The molecule has 3 aliphatic heterocycles. The maximum absolute atomic E-state index is 13.7. The van der Waals surface area contributed by atoms with Crippen molar-refractivity contribution in [3.8, 4) is 0 Å². The standard InChI is InChI=1S/C26H29ClN6O5S2/c1-15-10-20-21(13-28-15)39-25(30-20)26(36)32-9-8-31(14-18(32)6-7-33-23(34)4-5-24(33)35)40(37,38)22-12-16-11-17(27)2-3-19(16)29-22/h2-3,11-12,15,18,28-29H,4-10,13-14H2,1H3. The fraction of sp³-hybridized carbons (Fsp3) is 0.462. The Labute approximate surface area is 240 Å². The van der Waals surface area contributed by atoms with Crippen LogP contribution in [0, 0.1) is 0 Å². The highest BCUT2D eigenvalue weighted by Gasteiger charge is 2.39. The third kappa shape index (κ3) is 5.05. The van der Waals surface area contributed by atoms with Crippen LogP contribution in [0.4, 0.5) is 0 Å². The lowest BCUT2D eigenvalue weighted by Gasteiger charge is -2.40. The predicted octanol–water partition coefficient (Wildman–Crippen LogP) is 2.37. The molecule has 2 unspecified atom stereocenters. The Kier molecular flexibility index (Phi) is 7.20. The number of sulfonamides is 1. The zero-order valence-corrected chi connectivity index (χ0v) is 24.2. The Morgan fingerprint density at radius 1 is 1.18 bits per heavy atom. The minimum Gasteiger partial charge on any atom is -0.345 e. The van der Waals surface area contributed by atoms with Gasteiger partial charge in [-0.25, -0.2) is 13.4 Å². The van der Waals surface area contributed by atoms with Crippen LogP contribution in [0.1, 0.15) is 46.6 Å². The fourth-order valence-electron chi connectivity index (χ4n) is 5.59. The van der Waals surface area contributed by atoms with Gasteiger partial charge in [-0.2, -0.15) is 4.31 Å². The second-order valence-electron chi connectivity index (χ2n) is 10.5. The average Bonchev–Trinajstić information content (AvgIpc) is 3.63. The van der Waals surface area contributed by atoms with E-state index < -0.39 is 16.1 Å². The number of fused-ring (bicyclic) bond motifs is 2. The number of hydrogen-bond acceptors (Lipinski definition) is 8. The second kappa shape index (κ2) is 10.5. The summed E-state index contributed by atoms with van der Waals surface area (Å²) in [5, 5.41) is 4.99. The van der Waals surface area contributed by atoms with E-state index in [1.807, 2.05) is 0 Å². The molecule has 0 spiro atoms. The minimum absolute atomic E-state index is 0.0318. The van der Waals surface area contributed by atoms with Crippen LogP contribution in [-0.2, 0) is 32.6 Å². The van der Waals surface area contributed by atoms with Gasteiger partial charge in [0.15, 0.2) is 5.01 Å². The highest BCUT2D eigenvalue weighted by Crippen LogP contribution is 2.29. The number of aromatic amines is 1. The summed E-state index contributed by atoms with van der Waals surface area (Å²) in [5.74, 6) is -0.739. The van der Waals surface area contributed by atoms with Crippen molar-refractivity contribution in [1.82, 2.24) is 29.4 Å². The Morgan fingerprint density at radius 3 is 2.73 bits per heavy atom. The molecule has 0 aliphatic carbocycles. The van der Waals surface area contributed by atoms with Gasteiger partial charge < -0.3 is 15.2 Å². The summed E-state index contributed by atoms with van der Waals surface area (Å²) in [6.07, 6.45) is 1.35. The van der Waals surface area contributed by atoms with Gasteiger partial charge in [-0.1, -0.05) is 11.6 Å². The summed E-state index contributed by atoms with van der Waals surface area (Å²) in [6, 6.07) is 6.39. The van der Waals surface area contributed by atoms with Crippen LogP contribution in [-0.4, -0.2) is 88.5 Å². The molecule has 212 valence electrons. The van der Waals surface area contributed by atoms with E-state index in [0.717, 1.165) is 17.0 Å². The minimum atomic E-state index is -3.92. The predicted molar refractivity (Wildman–Crippen MR) is 150 cm³/mol. The van der Waals surface area contributed by atoms with Crippen LogP contribution in [0.3, 0.4) is 0 Å². The molecular weight excluding hydrogens is 576 g/mol. The summed E-state index contributed by atoms with van der Waals surface area (Å²) >= 11 is 7.45. The molecule has 0 radical (unpaired) electrons. The molecule has 1 aromatic carbocycles. The van der Waals surface area contributed by atoms with Crippen LogP contribution in [0.5, 0.6) is 0 Å². The molecule has 2 atom stereocenters. The number of imide groups is 1. The first-order valence-electron chi connectivity index (χ1n) is 13.2. The van der Waals surface area contributed by atoms with Crippen molar-refractivity contribution < 1.29 is 22.8 Å². The van der Waals surface area contributed by atoms with Gasteiger partial charge in [0, 0.05) is 84.9 Å². The van der Waals surface area contributed by atoms with Crippen LogP contribution in [0.25, 0.3) is 10.9 Å². The number of H-pyrrole nitrogens is 1. The third-order valence-corrected chi connectivity index (χ3v) is 10.9. The van der Waals surface area contributed by atoms with Crippen LogP contribution in [0.2, 0.25) is 5.02 Å². The Morgan fingerprint density at radius 2 is 1.95 bits per heavy atom. The fourth-order valence-corrected chi connectivity index (χ4v) is 8.25. The van der Waals surface area contributed by atoms with E-state index in [-0.39, 0.29) is 74.2 Å². The molecule has 2 fully saturated rings. The number of rotatable bonds is 6. The van der Waals surface area contributed by atoms with E-state index >= 15 is 0 Å². The highest BCUT2D eigenvalue weighted by atomic mass is 35.5. The molecule has 14 heteroatoms. The molecule has 3 aromatic rings. The van der Waals surface area contributed by atoms with Crippen molar-refractivity contribution in [2.45, 2.75) is 56.3 Å². The second-order valence-corrected chi connectivity index (χ2v) is 13.9. The number of thiazole rings is 1. The number of hydrogen-bond donors (Lipinski definition) is 2. The van der Waals surface area contributed by atoms with Crippen LogP contribution in [0.15, 0.2) is 29.3 Å². The molecule has 0 bridgehead atoms. The highest BCUT2D eigenvalue weighted by molar-refractivity contribution is 7.89. The van der Waals surface area contributed by atoms with E-state index in [1.165, 1.54) is 20.5 Å². The number of halogens is 1. The summed E-state index contributed by atoms with van der Waals surface area (Å²) in [4.78, 5) is 49.7. The summed E-state index contributed by atoms with van der Waals surface area (Å²) in [7, 11) is -3.92. The summed E-state index contributed by atoms with van der Waals surface area (Å²) in [5.41, 5.74) is 1.57. The summed E-state index contributed by atoms with van der Waals surface area (Å²) in [6.45, 7) is 3.15. The number of nitrogens with zero attached hydrogens (tertiary/aromatic N) is 4. The first kappa shape index (κ1) is 27.3. The maximum Gasteiger partial charge on any atom is 0.283 e. The van der Waals surface area contributed by atoms with Crippen molar-refractivity contribution in [2.75, 3.05) is 26.2 Å². The largest absolute Gasteiger partial charge is 0.345 e. The Balaban J connectivity index is 1.26. The van der Waals surface area contributed by atoms with Gasteiger partial charge in [0.2, 0.25) is 11.8 Å². The first-order chi connectivity index (χ1) is 19.1. The number of piperazine rings is 1. The van der Waals surface area contributed by atoms with Gasteiger partial charge in [0.1, 0.15) is 5.03 Å². The molecule has 0 saturated carbocycles. The zero-order valence-electron chi connectivity index (χ0n) is 21.9. The third-order valence-electron chi connectivity index (χ3n) is 7.79.